The minimum Gasteiger partial charge on any atom is -0.655 e. The summed E-state index contributed by atoms with van der Waals surface area (Å²) in [6, 6.07) is 15.5. The number of thiazole rings is 1. The Kier molecular flexibility index (Phi) is 11.5. The molecule has 3 aliphatic rings. The van der Waals surface area contributed by atoms with Crippen molar-refractivity contribution in [3.05, 3.63) is 82.3 Å². The number of anilines is 1. The van der Waals surface area contributed by atoms with E-state index in [1.54, 1.807) is 34.7 Å². The molecule has 0 spiro atoms. The van der Waals surface area contributed by atoms with Crippen LogP contribution in [0.2, 0.25) is 0 Å². The molecule has 2 N–H and O–H groups in total. The largest absolute Gasteiger partial charge is 2.00 e. The van der Waals surface area contributed by atoms with Crippen molar-refractivity contribution >= 4 is 46.0 Å². The number of carbonyl (C=O) groups excluding carboxylic acids is 3. The molecule has 2 heterocycles. The quantitative estimate of drug-likeness (QED) is 0.270. The van der Waals surface area contributed by atoms with Crippen LogP contribution in [0.5, 0.6) is 0 Å². The fraction of sp³-hybridized carbons (Fsp3) is 0.455. The molecule has 1 aromatic heterocycles. The zero-order valence-corrected chi connectivity index (χ0v) is 29.8. The molecule has 2 bridgehead atoms. The third-order valence-electron chi connectivity index (χ3n) is 9.22. The molecule has 2 aliphatic carbocycles. The van der Waals surface area contributed by atoms with Gasteiger partial charge in [-0.1, -0.05) is 53.5 Å². The van der Waals surface area contributed by atoms with Crippen LogP contribution in [0.3, 0.4) is 0 Å². The molecule has 3 fully saturated rings. The number of thioether (sulfide) groups is 1. The van der Waals surface area contributed by atoms with Gasteiger partial charge in [0.25, 0.3) is 11.8 Å². The molecule has 45 heavy (non-hydrogen) atoms. The Morgan fingerprint density at radius 3 is 2.47 bits per heavy atom. The van der Waals surface area contributed by atoms with Crippen LogP contribution in [0.25, 0.3) is 5.32 Å². The third kappa shape index (κ3) is 8.06. The maximum Gasteiger partial charge on any atom is 2.00 e. The zero-order chi connectivity index (χ0) is 30.6. The van der Waals surface area contributed by atoms with Gasteiger partial charge in [-0.2, -0.15) is 0 Å². The maximum absolute atomic E-state index is 13.0. The second-order valence-electron chi connectivity index (χ2n) is 11.9. The Balaban J connectivity index is 0.00000400. The molecule has 12 heteroatoms. The van der Waals surface area contributed by atoms with Gasteiger partial charge in [-0.25, -0.2) is 4.98 Å². The number of piperazine rings is 1. The molecule has 3 aromatic rings. The van der Waals surface area contributed by atoms with Crippen molar-refractivity contribution in [1.29, 1.82) is 0 Å². The molecule has 6 rings (SSSR count). The molecular weight excluding hydrogens is 778 g/mol. The molecule has 4 unspecified atom stereocenters. The summed E-state index contributed by atoms with van der Waals surface area (Å²) in [6.07, 6.45) is 5.41. The minimum atomic E-state index is -0.205. The molecule has 1 saturated heterocycles. The van der Waals surface area contributed by atoms with Crippen LogP contribution < -0.4 is 5.32 Å². The van der Waals surface area contributed by atoms with Crippen LogP contribution in [0.4, 0.5) is 5.13 Å². The summed E-state index contributed by atoms with van der Waals surface area (Å²) < 4.78 is 0.969. The number of hydrogen-bond donors (Lipinski definition) is 2. The van der Waals surface area contributed by atoms with Crippen LogP contribution in [0.15, 0.2) is 58.9 Å². The number of hydrogen-bond acceptors (Lipinski definition) is 7. The number of rotatable bonds is 10. The number of benzene rings is 2. The Bertz CT molecular complexity index is 1490. The van der Waals surface area contributed by atoms with Crippen molar-refractivity contribution in [2.24, 2.45) is 17.8 Å². The van der Waals surface area contributed by atoms with Gasteiger partial charge in [0.05, 0.1) is 10.4 Å². The van der Waals surface area contributed by atoms with Crippen LogP contribution in [0, 0.1) is 17.8 Å². The fourth-order valence-corrected chi connectivity index (χ4v) is 8.61. The van der Waals surface area contributed by atoms with E-state index in [1.165, 1.54) is 30.6 Å². The number of aliphatic hydroxyl groups excluding tert-OH is 1. The Labute approximate surface area is 286 Å². The molecule has 1 aliphatic heterocycles. The van der Waals surface area contributed by atoms with E-state index in [4.69, 9.17) is 5.32 Å². The summed E-state index contributed by atoms with van der Waals surface area (Å²) >= 11 is 3.03. The summed E-state index contributed by atoms with van der Waals surface area (Å²) in [6.45, 7) is 4.60. The monoisotopic (exact) mass is 816 g/mol. The van der Waals surface area contributed by atoms with Gasteiger partial charge in [0.2, 0.25) is 5.91 Å². The van der Waals surface area contributed by atoms with Gasteiger partial charge in [-0.05, 0) is 54.5 Å². The predicted molar refractivity (Wildman–Crippen MR) is 173 cm³/mol. The average molecular weight is 817 g/mol. The first-order valence-electron chi connectivity index (χ1n) is 15.3. The van der Waals surface area contributed by atoms with E-state index in [-0.39, 0.29) is 51.4 Å². The van der Waals surface area contributed by atoms with Crippen LogP contribution in [0.1, 0.15) is 58.0 Å². The minimum absolute atomic E-state index is 0. The Morgan fingerprint density at radius 2 is 1.73 bits per heavy atom. The molecule has 2 aromatic carbocycles. The summed E-state index contributed by atoms with van der Waals surface area (Å²) in [5, 5.41) is 18.2. The molecule has 9 nitrogen and oxygen atoms in total. The number of nitrogens with zero attached hydrogens (tertiary/aromatic N) is 4. The van der Waals surface area contributed by atoms with Crippen molar-refractivity contribution < 1.29 is 40.6 Å². The van der Waals surface area contributed by atoms with Crippen molar-refractivity contribution in [3.8, 4) is 0 Å². The second kappa shape index (κ2) is 15.4. The fourth-order valence-electron chi connectivity index (χ4n) is 6.80. The first-order chi connectivity index (χ1) is 21.4. The van der Waals surface area contributed by atoms with E-state index >= 15 is 0 Å². The molecule has 3 amide bonds. The summed E-state index contributed by atoms with van der Waals surface area (Å²) in [5.41, 5.74) is 3.31. The second-order valence-corrected chi connectivity index (χ2v) is 14.2. The van der Waals surface area contributed by atoms with E-state index in [1.807, 2.05) is 48.5 Å². The zero-order valence-electron chi connectivity index (χ0n) is 25.3. The smallest absolute Gasteiger partial charge is 0.655 e. The first-order valence-corrected chi connectivity index (χ1v) is 17.1. The molecular formula is C33H38N5O4S2W+. The molecule has 2 saturated carbocycles. The number of carbonyl (C=O) groups is 3. The number of nitrogens with one attached hydrogen (secondary N) is 1. The predicted octanol–water partition coefficient (Wildman–Crippen LogP) is 5.27. The van der Waals surface area contributed by atoms with Gasteiger partial charge in [0.15, 0.2) is 5.13 Å². The number of fused-ring (bicyclic) bond motifs is 2. The van der Waals surface area contributed by atoms with Crippen LogP contribution in [-0.2, 0) is 38.2 Å². The van der Waals surface area contributed by atoms with E-state index in [0.29, 0.717) is 72.5 Å². The van der Waals surface area contributed by atoms with Crippen molar-refractivity contribution in [2.45, 2.75) is 48.7 Å². The van der Waals surface area contributed by atoms with Gasteiger partial charge in [-0.3, -0.25) is 19.7 Å². The summed E-state index contributed by atoms with van der Waals surface area (Å²) in [5.74, 6) is 2.05. The number of aromatic nitrogens is 1. The number of amides is 3. The Morgan fingerprint density at radius 1 is 1.00 bits per heavy atom. The van der Waals surface area contributed by atoms with Gasteiger partial charge in [0, 0.05) is 56.6 Å². The molecule has 236 valence electrons. The van der Waals surface area contributed by atoms with Crippen molar-refractivity contribution in [3.63, 3.8) is 0 Å². The molecule has 4 atom stereocenters. The average Bonchev–Trinajstić information content (AvgIpc) is 3.80. The van der Waals surface area contributed by atoms with E-state index in [2.05, 4.69) is 10.3 Å². The van der Waals surface area contributed by atoms with E-state index < -0.39 is 0 Å². The Hall–Kier alpha value is -2.56. The van der Waals surface area contributed by atoms with Gasteiger partial charge in [-0.15, -0.1) is 24.3 Å². The van der Waals surface area contributed by atoms with Crippen molar-refractivity contribution in [2.75, 3.05) is 38.1 Å². The normalized spacial score (nSPS) is 22.3. The summed E-state index contributed by atoms with van der Waals surface area (Å²) in [7, 11) is 0. The SMILES string of the molecule is CC(=O)N1CCN(C(=O)c2cccc(CSc3cnc(NC(=O)c4ccc(C[N-]C5C6CCC(C6)C5CO)cc4)s3)c2)CC1.[W+2]. The first kappa shape index (κ1) is 33.8. The topological polar surface area (TPSA) is 117 Å². The van der Waals surface area contributed by atoms with Gasteiger partial charge < -0.3 is 20.2 Å². The van der Waals surface area contributed by atoms with Crippen LogP contribution in [-0.4, -0.2) is 76.4 Å². The maximum atomic E-state index is 13.0. The summed E-state index contributed by atoms with van der Waals surface area (Å²) in [4.78, 5) is 45.5. The van der Waals surface area contributed by atoms with Crippen LogP contribution >= 0.6 is 23.1 Å². The van der Waals surface area contributed by atoms with Crippen molar-refractivity contribution in [1.82, 2.24) is 14.8 Å². The molecule has 0 radical (unpaired) electrons. The third-order valence-corrected chi connectivity index (χ3v) is 11.4. The standard InChI is InChI=1S/C33H38N5O4S2.W/c1-21(40)37-11-13-38(14-12-37)32(42)27-4-2-3-23(15-27)20-43-29-18-35-33(44-29)36-31(41)24-7-5-22(6-8-24)17-34-30-26-10-9-25(16-26)28(30)19-39;/h2-8,15,18,25-26,28,30,39H,9-14,16-17,19-20H2,1H3,(H,35,36,41);/q-1;+2. The number of aliphatic hydroxyl groups is 1. The van der Waals surface area contributed by atoms with Gasteiger partial charge >= 0.3 is 21.1 Å². The van der Waals surface area contributed by atoms with E-state index in [0.717, 1.165) is 15.3 Å². The van der Waals surface area contributed by atoms with E-state index in [9.17, 15) is 19.5 Å². The van der Waals surface area contributed by atoms with Gasteiger partial charge in [0.1, 0.15) is 0 Å².